The molecule has 0 aliphatic carbocycles. The molecule has 1 atom stereocenters. The number of hydrogen-bond donors (Lipinski definition) is 0. The molecule has 0 bridgehead atoms. The van der Waals surface area contributed by atoms with Crippen LogP contribution in [0.1, 0.15) is 26.5 Å². The van der Waals surface area contributed by atoms with E-state index < -0.39 is 11.4 Å². The van der Waals surface area contributed by atoms with Gasteiger partial charge in [-0.3, -0.25) is 4.98 Å². The Balaban J connectivity index is 2.06. The highest BCUT2D eigenvalue weighted by molar-refractivity contribution is 9.10. The molecule has 2 rings (SSSR count). The minimum Gasteiger partial charge on any atom is -0.591 e. The Morgan fingerprint density at radius 3 is 2.46 bits per heavy atom. The van der Waals surface area contributed by atoms with Gasteiger partial charge in [-0.05, 0) is 67.0 Å². The number of halogens is 1. The van der Waals surface area contributed by atoms with Gasteiger partial charge < -0.3 is 14.0 Å². The third kappa shape index (κ3) is 5.22. The lowest BCUT2D eigenvalue weighted by atomic mass is 10.3. The van der Waals surface area contributed by atoms with E-state index in [1.54, 1.807) is 25.4 Å². The van der Waals surface area contributed by atoms with E-state index in [9.17, 15) is 4.55 Å². The third-order valence-corrected chi connectivity index (χ3v) is 4.89. The smallest absolute Gasteiger partial charge is 0.145 e. The van der Waals surface area contributed by atoms with E-state index in [2.05, 4.69) is 25.3 Å². The fourth-order valence-electron chi connectivity index (χ4n) is 1.61. The third-order valence-electron chi connectivity index (χ3n) is 2.93. The van der Waals surface area contributed by atoms with Crippen molar-refractivity contribution in [3.8, 4) is 17.2 Å². The summed E-state index contributed by atoms with van der Waals surface area (Å²) in [5, 5.41) is 0. The van der Waals surface area contributed by atoms with E-state index in [1.165, 1.54) is 6.21 Å². The van der Waals surface area contributed by atoms with Gasteiger partial charge in [0.15, 0.2) is 0 Å². The van der Waals surface area contributed by atoms with Crippen molar-refractivity contribution in [2.75, 3.05) is 7.11 Å². The molecule has 0 saturated heterocycles. The summed E-state index contributed by atoms with van der Waals surface area (Å²) in [6, 6.07) is 8.99. The first kappa shape index (κ1) is 18.8. The van der Waals surface area contributed by atoms with Crippen molar-refractivity contribution in [3.05, 3.63) is 46.7 Å². The normalized spacial score (nSPS) is 13.1. The molecular weight excluding hydrogens is 392 g/mol. The van der Waals surface area contributed by atoms with Crippen LogP contribution < -0.4 is 9.47 Å². The molecule has 7 heteroatoms. The molecule has 0 aliphatic heterocycles. The van der Waals surface area contributed by atoms with Gasteiger partial charge in [0.2, 0.25) is 0 Å². The van der Waals surface area contributed by atoms with Crippen LogP contribution in [-0.2, 0) is 11.4 Å². The van der Waals surface area contributed by atoms with Crippen LogP contribution in [0.5, 0.6) is 17.2 Å². The molecule has 0 amide bonds. The minimum atomic E-state index is -1.30. The standard InChI is InChI=1S/C17H19BrN2O3S/c1-17(2,3)24(21)20-10-12-5-6-14(11-19-12)23-16-8-7-13(22-4)9-15(16)18/h5-11H,1-4H3/b20-10+/t24-/m0/s1. The molecule has 0 spiro atoms. The van der Waals surface area contributed by atoms with Gasteiger partial charge in [-0.1, -0.05) is 4.40 Å². The molecule has 2 aromatic rings. The van der Waals surface area contributed by atoms with Crippen LogP contribution in [-0.4, -0.2) is 27.6 Å². The van der Waals surface area contributed by atoms with Crippen molar-refractivity contribution in [3.63, 3.8) is 0 Å². The van der Waals surface area contributed by atoms with Crippen LogP contribution in [0.3, 0.4) is 0 Å². The maximum atomic E-state index is 11.9. The topological polar surface area (TPSA) is 66.8 Å². The number of rotatable bonds is 5. The Kier molecular flexibility index (Phi) is 6.26. The van der Waals surface area contributed by atoms with Gasteiger partial charge in [0.1, 0.15) is 39.6 Å². The highest BCUT2D eigenvalue weighted by Crippen LogP contribution is 2.32. The second-order valence-corrected chi connectivity index (χ2v) is 8.70. The van der Waals surface area contributed by atoms with Crippen LogP contribution in [0.4, 0.5) is 0 Å². The van der Waals surface area contributed by atoms with Crippen LogP contribution in [0.2, 0.25) is 0 Å². The molecule has 24 heavy (non-hydrogen) atoms. The molecule has 1 aromatic carbocycles. The quantitative estimate of drug-likeness (QED) is 0.536. The first-order chi connectivity index (χ1) is 11.3. The minimum absolute atomic E-state index is 0.389. The monoisotopic (exact) mass is 410 g/mol. The molecule has 0 radical (unpaired) electrons. The Morgan fingerprint density at radius 2 is 1.92 bits per heavy atom. The van der Waals surface area contributed by atoms with Gasteiger partial charge in [0, 0.05) is 0 Å². The molecule has 0 saturated carbocycles. The summed E-state index contributed by atoms with van der Waals surface area (Å²) >= 11 is 2.14. The van der Waals surface area contributed by atoms with Crippen molar-refractivity contribution < 1.29 is 14.0 Å². The van der Waals surface area contributed by atoms with Gasteiger partial charge in [-0.2, -0.15) is 0 Å². The average molecular weight is 411 g/mol. The SMILES string of the molecule is COc1ccc(Oc2ccc(/C=N/[S@@+]([O-])C(C)(C)C)nc2)c(Br)c1. The summed E-state index contributed by atoms with van der Waals surface area (Å²) < 4.78 is 27.2. The van der Waals surface area contributed by atoms with Gasteiger partial charge in [-0.15, -0.1) is 0 Å². The maximum absolute atomic E-state index is 11.9. The number of methoxy groups -OCH3 is 1. The van der Waals surface area contributed by atoms with Gasteiger partial charge in [0.05, 0.1) is 23.5 Å². The first-order valence-corrected chi connectivity index (χ1v) is 9.13. The molecular formula is C17H19BrN2O3S. The zero-order valence-electron chi connectivity index (χ0n) is 13.9. The maximum Gasteiger partial charge on any atom is 0.145 e. The lowest BCUT2D eigenvalue weighted by Crippen LogP contribution is -2.25. The summed E-state index contributed by atoms with van der Waals surface area (Å²) in [5.74, 6) is 1.99. The van der Waals surface area contributed by atoms with Crippen LogP contribution in [0, 0.1) is 0 Å². The largest absolute Gasteiger partial charge is 0.591 e. The van der Waals surface area contributed by atoms with Gasteiger partial charge in [0.25, 0.3) is 0 Å². The molecule has 5 nitrogen and oxygen atoms in total. The van der Waals surface area contributed by atoms with Crippen molar-refractivity contribution in [1.82, 2.24) is 4.98 Å². The highest BCUT2D eigenvalue weighted by atomic mass is 79.9. The van der Waals surface area contributed by atoms with Crippen LogP contribution in [0.25, 0.3) is 0 Å². The van der Waals surface area contributed by atoms with E-state index in [4.69, 9.17) is 9.47 Å². The number of nitrogens with zero attached hydrogens (tertiary/aromatic N) is 2. The van der Waals surface area contributed by atoms with E-state index in [0.717, 1.165) is 10.2 Å². The number of aromatic nitrogens is 1. The lowest BCUT2D eigenvalue weighted by Gasteiger charge is -2.17. The summed E-state index contributed by atoms with van der Waals surface area (Å²) in [5.41, 5.74) is 0.619. The summed E-state index contributed by atoms with van der Waals surface area (Å²) in [4.78, 5) is 4.24. The molecule has 0 unspecified atom stereocenters. The fourth-order valence-corrected chi connectivity index (χ4v) is 2.57. The highest BCUT2D eigenvalue weighted by Gasteiger charge is 2.25. The molecule has 0 N–H and O–H groups in total. The zero-order chi connectivity index (χ0) is 17.7. The Bertz CT molecular complexity index is 715. The Morgan fingerprint density at radius 1 is 1.21 bits per heavy atom. The van der Waals surface area contributed by atoms with Crippen LogP contribution in [0.15, 0.2) is 45.4 Å². The zero-order valence-corrected chi connectivity index (χ0v) is 16.3. The summed E-state index contributed by atoms with van der Waals surface area (Å²) in [6.07, 6.45) is 3.10. The Hall–Kier alpha value is -1.57. The molecule has 0 fully saturated rings. The average Bonchev–Trinajstić information content (AvgIpc) is 2.54. The Labute approximate surface area is 153 Å². The molecule has 1 heterocycles. The summed E-state index contributed by atoms with van der Waals surface area (Å²) in [7, 11) is 1.61. The fraction of sp³-hybridized carbons (Fsp3) is 0.294. The molecule has 0 aliphatic rings. The molecule has 128 valence electrons. The second kappa shape index (κ2) is 8.00. The van der Waals surface area contributed by atoms with Crippen molar-refractivity contribution in [1.29, 1.82) is 0 Å². The molecule has 1 aromatic heterocycles. The number of ether oxygens (including phenoxy) is 2. The van der Waals surface area contributed by atoms with E-state index >= 15 is 0 Å². The van der Waals surface area contributed by atoms with Crippen molar-refractivity contribution in [2.45, 2.75) is 25.5 Å². The lowest BCUT2D eigenvalue weighted by molar-refractivity contribution is 0.412. The van der Waals surface area contributed by atoms with Crippen molar-refractivity contribution >= 4 is 33.5 Å². The van der Waals surface area contributed by atoms with E-state index in [0.29, 0.717) is 17.2 Å². The predicted octanol–water partition coefficient (Wildman–Crippen LogP) is 4.53. The van der Waals surface area contributed by atoms with E-state index in [1.807, 2.05) is 39.0 Å². The van der Waals surface area contributed by atoms with E-state index in [-0.39, 0.29) is 4.75 Å². The van der Waals surface area contributed by atoms with Gasteiger partial charge in [-0.25, -0.2) is 0 Å². The number of pyridine rings is 1. The van der Waals surface area contributed by atoms with Gasteiger partial charge >= 0.3 is 0 Å². The predicted molar refractivity (Wildman–Crippen MR) is 100 cm³/mol. The number of hydrogen-bond acceptors (Lipinski definition) is 5. The second-order valence-electron chi connectivity index (χ2n) is 5.91. The van der Waals surface area contributed by atoms with Crippen molar-refractivity contribution in [2.24, 2.45) is 4.40 Å². The summed E-state index contributed by atoms with van der Waals surface area (Å²) in [6.45, 7) is 5.62. The first-order valence-electron chi connectivity index (χ1n) is 7.23. The van der Waals surface area contributed by atoms with Crippen LogP contribution >= 0.6 is 15.9 Å². The number of benzene rings is 1.